The predicted molar refractivity (Wildman–Crippen MR) is 81.1 cm³/mol. The molecular weight excluding hydrogens is 302 g/mol. The summed E-state index contributed by atoms with van der Waals surface area (Å²) in [7, 11) is 0. The smallest absolute Gasteiger partial charge is 0.223 e. The summed E-state index contributed by atoms with van der Waals surface area (Å²) in [5, 5.41) is 3.18. The Bertz CT molecular complexity index is 359. The van der Waals surface area contributed by atoms with Crippen LogP contribution in [0.15, 0.2) is 0 Å². The van der Waals surface area contributed by atoms with Crippen LogP contribution in [0.25, 0.3) is 0 Å². The third-order valence-electron chi connectivity index (χ3n) is 5.37. The van der Waals surface area contributed by atoms with Crippen molar-refractivity contribution in [3.05, 3.63) is 0 Å². The van der Waals surface area contributed by atoms with Gasteiger partial charge in [0.15, 0.2) is 0 Å². The zero-order valence-corrected chi connectivity index (χ0v) is 13.9. The highest BCUT2D eigenvalue weighted by Gasteiger charge is 2.67. The predicted octanol–water partition coefficient (Wildman–Crippen LogP) is 3.59. The van der Waals surface area contributed by atoms with Gasteiger partial charge in [-0.2, -0.15) is 0 Å². The van der Waals surface area contributed by atoms with E-state index in [0.29, 0.717) is 22.1 Å². The Morgan fingerprint density at radius 2 is 1.84 bits per heavy atom. The van der Waals surface area contributed by atoms with Crippen molar-refractivity contribution in [2.75, 3.05) is 6.54 Å². The number of carbonyl (C=O) groups is 1. The van der Waals surface area contributed by atoms with Gasteiger partial charge in [0.05, 0.1) is 0 Å². The molecule has 0 spiro atoms. The van der Waals surface area contributed by atoms with Gasteiger partial charge in [-0.1, -0.05) is 36.7 Å². The molecule has 0 aromatic carbocycles. The maximum absolute atomic E-state index is 12.3. The summed E-state index contributed by atoms with van der Waals surface area (Å²) in [6.45, 7) is 7.51. The van der Waals surface area contributed by atoms with Gasteiger partial charge in [0, 0.05) is 17.3 Å². The average molecular weight is 328 g/mol. The summed E-state index contributed by atoms with van der Waals surface area (Å²) in [4.78, 5) is 12.7. The van der Waals surface area contributed by atoms with E-state index >= 15 is 0 Å². The zero-order chi connectivity index (χ0) is 13.8. The molecule has 0 heterocycles. The summed E-state index contributed by atoms with van der Waals surface area (Å²) < 4.78 is 0. The molecule has 0 aromatic heterocycles. The highest BCUT2D eigenvalue weighted by atomic mass is 79.9. The Kier molecular flexibility index (Phi) is 3.48. The van der Waals surface area contributed by atoms with E-state index in [4.69, 9.17) is 0 Å². The van der Waals surface area contributed by atoms with Crippen LogP contribution in [-0.2, 0) is 4.79 Å². The third-order valence-corrected chi connectivity index (χ3v) is 6.02. The minimum Gasteiger partial charge on any atom is -0.355 e. The van der Waals surface area contributed by atoms with E-state index in [2.05, 4.69) is 42.0 Å². The average Bonchev–Trinajstić information content (AvgIpc) is 2.73. The van der Waals surface area contributed by atoms with Crippen molar-refractivity contribution in [1.82, 2.24) is 5.32 Å². The number of hydrogen-bond acceptors (Lipinski definition) is 1. The molecule has 2 bridgehead atoms. The van der Waals surface area contributed by atoms with Gasteiger partial charge in [0.1, 0.15) is 0 Å². The molecule has 0 saturated heterocycles. The second-order valence-corrected chi connectivity index (χ2v) is 9.42. The Hall–Kier alpha value is -0.0500. The number of nitrogens with one attached hydrogen (secondary N) is 1. The Morgan fingerprint density at radius 3 is 2.37 bits per heavy atom. The quantitative estimate of drug-likeness (QED) is 0.785. The van der Waals surface area contributed by atoms with E-state index in [1.54, 1.807) is 0 Å². The Labute approximate surface area is 125 Å². The van der Waals surface area contributed by atoms with Crippen LogP contribution in [0.5, 0.6) is 0 Å². The fourth-order valence-corrected chi connectivity index (χ4v) is 5.87. The molecule has 0 aliphatic heterocycles. The highest BCUT2D eigenvalue weighted by molar-refractivity contribution is 9.09. The van der Waals surface area contributed by atoms with Gasteiger partial charge in [-0.25, -0.2) is 0 Å². The summed E-state index contributed by atoms with van der Waals surface area (Å²) in [5.74, 6) is 4.01. The molecule has 5 atom stereocenters. The van der Waals surface area contributed by atoms with Crippen LogP contribution in [0.1, 0.15) is 46.5 Å². The summed E-state index contributed by atoms with van der Waals surface area (Å²) in [5.41, 5.74) is 0.314. The molecule has 19 heavy (non-hydrogen) atoms. The lowest BCUT2D eigenvalue weighted by Gasteiger charge is -2.22. The normalized spacial score (nSPS) is 40.9. The standard InChI is InChI=1S/C16H26BrNO/c1-16(2,3)7-11(17)8-18-15(19)14-12-9-4-5-10(6-9)13(12)14/h9-14H,4-8H2,1-3H3,(H,18,19). The number of hydrogen-bond donors (Lipinski definition) is 1. The van der Waals surface area contributed by atoms with Gasteiger partial charge < -0.3 is 5.32 Å². The highest BCUT2D eigenvalue weighted by Crippen LogP contribution is 2.69. The van der Waals surface area contributed by atoms with Crippen LogP contribution in [-0.4, -0.2) is 17.3 Å². The van der Waals surface area contributed by atoms with Crippen LogP contribution >= 0.6 is 15.9 Å². The van der Waals surface area contributed by atoms with Crippen molar-refractivity contribution >= 4 is 21.8 Å². The largest absolute Gasteiger partial charge is 0.355 e. The Balaban J connectivity index is 1.44. The molecule has 3 fully saturated rings. The second-order valence-electron chi connectivity index (χ2n) is 8.12. The first-order valence-electron chi connectivity index (χ1n) is 7.78. The lowest BCUT2D eigenvalue weighted by molar-refractivity contribution is -0.123. The fourth-order valence-electron chi connectivity index (χ4n) is 4.74. The molecule has 3 heteroatoms. The molecule has 5 unspecified atom stereocenters. The van der Waals surface area contributed by atoms with Crippen LogP contribution in [0, 0.1) is 35.0 Å². The van der Waals surface area contributed by atoms with E-state index in [-0.39, 0.29) is 0 Å². The van der Waals surface area contributed by atoms with Crippen molar-refractivity contribution in [2.24, 2.45) is 35.0 Å². The molecule has 1 amide bonds. The van der Waals surface area contributed by atoms with Gasteiger partial charge in [0.25, 0.3) is 0 Å². The number of rotatable bonds is 4. The van der Waals surface area contributed by atoms with E-state index in [1.165, 1.54) is 19.3 Å². The lowest BCUT2D eigenvalue weighted by atomic mass is 9.90. The van der Waals surface area contributed by atoms with Gasteiger partial charge in [-0.3, -0.25) is 4.79 Å². The summed E-state index contributed by atoms with van der Waals surface area (Å²) >= 11 is 3.69. The number of fused-ring (bicyclic) bond motifs is 5. The molecule has 3 aliphatic rings. The molecular formula is C16H26BrNO. The molecule has 2 nitrogen and oxygen atoms in total. The molecule has 0 radical (unpaired) electrons. The van der Waals surface area contributed by atoms with Gasteiger partial charge >= 0.3 is 0 Å². The van der Waals surface area contributed by atoms with Crippen LogP contribution in [0.3, 0.4) is 0 Å². The fraction of sp³-hybridized carbons (Fsp3) is 0.938. The van der Waals surface area contributed by atoms with Gasteiger partial charge in [-0.15, -0.1) is 0 Å². The molecule has 3 aliphatic carbocycles. The zero-order valence-electron chi connectivity index (χ0n) is 12.3. The second kappa shape index (κ2) is 4.75. The van der Waals surface area contributed by atoms with Crippen LogP contribution < -0.4 is 5.32 Å². The van der Waals surface area contributed by atoms with Crippen molar-refractivity contribution < 1.29 is 4.79 Å². The summed E-state index contributed by atoms with van der Waals surface area (Å²) in [6, 6.07) is 0. The number of alkyl halides is 1. The van der Waals surface area contributed by atoms with E-state index in [0.717, 1.165) is 36.6 Å². The van der Waals surface area contributed by atoms with Crippen molar-refractivity contribution in [3.8, 4) is 0 Å². The lowest BCUT2D eigenvalue weighted by Crippen LogP contribution is -2.33. The molecule has 3 saturated carbocycles. The minimum atomic E-state index is 0.314. The molecule has 108 valence electrons. The topological polar surface area (TPSA) is 29.1 Å². The number of halogens is 1. The third kappa shape index (κ3) is 2.72. The van der Waals surface area contributed by atoms with Gasteiger partial charge in [0.2, 0.25) is 5.91 Å². The van der Waals surface area contributed by atoms with Crippen molar-refractivity contribution in [2.45, 2.75) is 51.3 Å². The van der Waals surface area contributed by atoms with E-state index < -0.39 is 0 Å². The molecule has 0 aromatic rings. The minimum absolute atomic E-state index is 0.314. The summed E-state index contributed by atoms with van der Waals surface area (Å²) in [6.07, 6.45) is 5.29. The van der Waals surface area contributed by atoms with E-state index in [1.807, 2.05) is 0 Å². The molecule has 3 rings (SSSR count). The SMILES string of the molecule is CC(C)(C)CC(Br)CNC(=O)C1C2C3CCC(C3)C12. The van der Waals surface area contributed by atoms with E-state index in [9.17, 15) is 4.79 Å². The number of amides is 1. The first kappa shape index (κ1) is 13.9. The first-order chi connectivity index (χ1) is 8.87. The molecule has 1 N–H and O–H groups in total. The van der Waals surface area contributed by atoms with Gasteiger partial charge in [-0.05, 0) is 54.8 Å². The maximum Gasteiger partial charge on any atom is 0.223 e. The van der Waals surface area contributed by atoms with Crippen molar-refractivity contribution in [1.29, 1.82) is 0 Å². The first-order valence-corrected chi connectivity index (χ1v) is 8.70. The monoisotopic (exact) mass is 327 g/mol. The number of carbonyl (C=O) groups excluding carboxylic acids is 1. The van der Waals surface area contributed by atoms with Crippen molar-refractivity contribution in [3.63, 3.8) is 0 Å². The van der Waals surface area contributed by atoms with Crippen LogP contribution in [0.4, 0.5) is 0 Å². The Morgan fingerprint density at radius 1 is 1.26 bits per heavy atom. The van der Waals surface area contributed by atoms with Crippen LogP contribution in [0.2, 0.25) is 0 Å². The maximum atomic E-state index is 12.3.